The Balaban J connectivity index is 2.30. The smallest absolute Gasteiger partial charge is 0.270 e. The number of benzene rings is 1. The third-order valence-electron chi connectivity index (χ3n) is 3.30. The van der Waals surface area contributed by atoms with E-state index in [2.05, 4.69) is 27.6 Å². The summed E-state index contributed by atoms with van der Waals surface area (Å²) in [5.41, 5.74) is 9.42. The van der Waals surface area contributed by atoms with Gasteiger partial charge in [0.25, 0.3) is 5.69 Å². The summed E-state index contributed by atoms with van der Waals surface area (Å²) in [6.45, 7) is 1.89. The van der Waals surface area contributed by atoms with Crippen LogP contribution in [0, 0.1) is 10.1 Å². The van der Waals surface area contributed by atoms with Crippen LogP contribution in [0.25, 0.3) is 0 Å². The Kier molecular flexibility index (Phi) is 5.04. The molecule has 7 nitrogen and oxygen atoms in total. The molecular formula is C13H17N5O2S. The molecule has 0 saturated carbocycles. The van der Waals surface area contributed by atoms with Gasteiger partial charge in [0.15, 0.2) is 5.11 Å². The molecule has 112 valence electrons. The molecule has 21 heavy (non-hydrogen) atoms. The highest BCUT2D eigenvalue weighted by Gasteiger charge is 2.16. The Hall–Kier alpha value is -2.22. The van der Waals surface area contributed by atoms with E-state index in [1.54, 1.807) is 6.07 Å². The summed E-state index contributed by atoms with van der Waals surface area (Å²) < 4.78 is 0. The molecule has 0 radical (unpaired) electrons. The predicted molar refractivity (Wildman–Crippen MR) is 86.7 cm³/mol. The third-order valence-corrected chi connectivity index (χ3v) is 3.39. The van der Waals surface area contributed by atoms with Gasteiger partial charge in [0, 0.05) is 36.5 Å². The fraction of sp³-hybridized carbons (Fsp3) is 0.385. The molecule has 1 aliphatic rings. The summed E-state index contributed by atoms with van der Waals surface area (Å²) in [7, 11) is 0. The van der Waals surface area contributed by atoms with Crippen LogP contribution in [0.5, 0.6) is 0 Å². The molecule has 1 aromatic carbocycles. The van der Waals surface area contributed by atoms with Gasteiger partial charge in [-0.25, -0.2) is 0 Å². The number of rotatable bonds is 4. The minimum Gasteiger partial charge on any atom is -0.375 e. The Morgan fingerprint density at radius 2 is 2.14 bits per heavy atom. The largest absolute Gasteiger partial charge is 0.375 e. The second kappa shape index (κ2) is 6.98. The summed E-state index contributed by atoms with van der Waals surface area (Å²) in [6.07, 6.45) is 4.98. The van der Waals surface area contributed by atoms with Crippen LogP contribution in [0.2, 0.25) is 0 Å². The van der Waals surface area contributed by atoms with Crippen molar-refractivity contribution < 1.29 is 4.92 Å². The lowest BCUT2D eigenvalue weighted by Gasteiger charge is -2.29. The average molecular weight is 307 g/mol. The summed E-state index contributed by atoms with van der Waals surface area (Å²) in [4.78, 5) is 12.7. The standard InChI is InChI=1S/C13H17N5O2S/c14-13(21)16-15-9-10-8-11(18(19)20)4-5-12(10)17-6-2-1-3-7-17/h4-5,8-9H,1-3,6-7H2,(H3,14,16,21)/b15-9+. The van der Waals surface area contributed by atoms with Crippen LogP contribution in [0.1, 0.15) is 24.8 Å². The van der Waals surface area contributed by atoms with Crippen molar-refractivity contribution in [3.05, 3.63) is 33.9 Å². The van der Waals surface area contributed by atoms with Gasteiger partial charge in [-0.05, 0) is 37.5 Å². The predicted octanol–water partition coefficient (Wildman–Crippen LogP) is 1.75. The summed E-state index contributed by atoms with van der Waals surface area (Å²) >= 11 is 4.67. The van der Waals surface area contributed by atoms with Gasteiger partial charge < -0.3 is 10.6 Å². The zero-order valence-corrected chi connectivity index (χ0v) is 12.3. The number of nitrogens with zero attached hydrogens (tertiary/aromatic N) is 3. The lowest BCUT2D eigenvalue weighted by molar-refractivity contribution is -0.384. The maximum absolute atomic E-state index is 10.9. The van der Waals surface area contributed by atoms with E-state index in [0.717, 1.165) is 31.6 Å². The molecule has 0 amide bonds. The summed E-state index contributed by atoms with van der Waals surface area (Å²) in [5.74, 6) is 0. The highest BCUT2D eigenvalue weighted by atomic mass is 32.1. The van der Waals surface area contributed by atoms with Crippen molar-refractivity contribution in [2.75, 3.05) is 18.0 Å². The van der Waals surface area contributed by atoms with E-state index in [-0.39, 0.29) is 10.8 Å². The number of hydrazone groups is 1. The third kappa shape index (κ3) is 4.12. The highest BCUT2D eigenvalue weighted by Crippen LogP contribution is 2.26. The number of thiocarbonyl (C=S) groups is 1. The number of piperidine rings is 1. The topological polar surface area (TPSA) is 96.8 Å². The molecule has 0 unspecified atom stereocenters. The zero-order chi connectivity index (χ0) is 15.2. The fourth-order valence-corrected chi connectivity index (χ4v) is 2.40. The monoisotopic (exact) mass is 307 g/mol. The molecule has 0 bridgehead atoms. The van der Waals surface area contributed by atoms with E-state index in [0.29, 0.717) is 5.56 Å². The van der Waals surface area contributed by atoms with Gasteiger partial charge in [-0.15, -0.1) is 0 Å². The van der Waals surface area contributed by atoms with Crippen molar-refractivity contribution in [3.63, 3.8) is 0 Å². The maximum Gasteiger partial charge on any atom is 0.270 e. The number of hydrogen-bond acceptors (Lipinski definition) is 5. The molecule has 0 spiro atoms. The fourth-order valence-electron chi connectivity index (χ4n) is 2.35. The SMILES string of the molecule is NC(=S)N/N=C/c1cc([N+](=O)[O-])ccc1N1CCCCC1. The molecule has 1 saturated heterocycles. The molecule has 1 aliphatic heterocycles. The molecule has 8 heteroatoms. The number of nitrogens with two attached hydrogens (primary N) is 1. The van der Waals surface area contributed by atoms with Crippen LogP contribution in [-0.2, 0) is 0 Å². The Morgan fingerprint density at radius 1 is 1.43 bits per heavy atom. The second-order valence-corrected chi connectivity index (χ2v) is 5.22. The Morgan fingerprint density at radius 3 is 2.76 bits per heavy atom. The second-order valence-electron chi connectivity index (χ2n) is 4.78. The molecule has 1 aromatic rings. The quantitative estimate of drug-likeness (QED) is 0.381. The number of nitrogens with one attached hydrogen (secondary N) is 1. The first-order valence-electron chi connectivity index (χ1n) is 6.70. The number of nitro groups is 1. The van der Waals surface area contributed by atoms with Crippen LogP contribution in [0.3, 0.4) is 0 Å². The van der Waals surface area contributed by atoms with E-state index in [1.165, 1.54) is 24.8 Å². The van der Waals surface area contributed by atoms with Crippen molar-refractivity contribution in [1.82, 2.24) is 5.43 Å². The molecule has 0 atom stereocenters. The normalized spacial score (nSPS) is 15.1. The lowest BCUT2D eigenvalue weighted by atomic mass is 10.1. The van der Waals surface area contributed by atoms with Crippen LogP contribution in [0.4, 0.5) is 11.4 Å². The minimum absolute atomic E-state index is 0.0348. The van der Waals surface area contributed by atoms with Crippen LogP contribution >= 0.6 is 12.2 Å². The van der Waals surface area contributed by atoms with Crippen molar-refractivity contribution in [2.24, 2.45) is 10.8 Å². The van der Waals surface area contributed by atoms with E-state index < -0.39 is 4.92 Å². The number of anilines is 1. The van der Waals surface area contributed by atoms with Gasteiger partial charge in [0.2, 0.25) is 0 Å². The Labute approximate surface area is 128 Å². The average Bonchev–Trinajstić information content (AvgIpc) is 2.47. The van der Waals surface area contributed by atoms with Crippen LogP contribution < -0.4 is 16.1 Å². The van der Waals surface area contributed by atoms with E-state index in [9.17, 15) is 10.1 Å². The molecule has 2 rings (SSSR count). The van der Waals surface area contributed by atoms with Gasteiger partial charge in [-0.2, -0.15) is 5.10 Å². The zero-order valence-electron chi connectivity index (χ0n) is 11.5. The van der Waals surface area contributed by atoms with Gasteiger partial charge in [0.05, 0.1) is 11.1 Å². The first-order valence-corrected chi connectivity index (χ1v) is 7.10. The van der Waals surface area contributed by atoms with E-state index in [4.69, 9.17) is 5.73 Å². The van der Waals surface area contributed by atoms with Crippen LogP contribution in [-0.4, -0.2) is 29.3 Å². The van der Waals surface area contributed by atoms with Gasteiger partial charge in [-0.3, -0.25) is 15.5 Å². The maximum atomic E-state index is 10.9. The minimum atomic E-state index is -0.418. The van der Waals surface area contributed by atoms with Crippen molar-refractivity contribution in [3.8, 4) is 0 Å². The molecule has 1 heterocycles. The number of non-ortho nitro benzene ring substituents is 1. The summed E-state index contributed by atoms with van der Waals surface area (Å²) in [6, 6.07) is 4.79. The van der Waals surface area contributed by atoms with Crippen LogP contribution in [0.15, 0.2) is 23.3 Å². The first-order chi connectivity index (χ1) is 10.1. The van der Waals surface area contributed by atoms with Gasteiger partial charge in [-0.1, -0.05) is 0 Å². The lowest BCUT2D eigenvalue weighted by Crippen LogP contribution is -2.30. The van der Waals surface area contributed by atoms with Gasteiger partial charge in [0.1, 0.15) is 0 Å². The number of hydrogen-bond donors (Lipinski definition) is 2. The summed E-state index contributed by atoms with van der Waals surface area (Å²) in [5, 5.41) is 14.9. The first kappa shape index (κ1) is 15.2. The number of nitro benzene ring substituents is 1. The molecule has 0 aromatic heterocycles. The van der Waals surface area contributed by atoms with Gasteiger partial charge >= 0.3 is 0 Å². The van der Waals surface area contributed by atoms with E-state index >= 15 is 0 Å². The van der Waals surface area contributed by atoms with Crippen molar-refractivity contribution >= 4 is 34.9 Å². The highest BCUT2D eigenvalue weighted by molar-refractivity contribution is 7.80. The molecule has 3 N–H and O–H groups in total. The van der Waals surface area contributed by atoms with Crippen molar-refractivity contribution in [2.45, 2.75) is 19.3 Å². The molecular weight excluding hydrogens is 290 g/mol. The molecule has 1 fully saturated rings. The van der Waals surface area contributed by atoms with Crippen molar-refractivity contribution in [1.29, 1.82) is 0 Å². The molecule has 0 aliphatic carbocycles. The van der Waals surface area contributed by atoms with E-state index in [1.807, 2.05) is 0 Å². The Bertz CT molecular complexity index is 570.